The second-order valence-corrected chi connectivity index (χ2v) is 4.74. The fourth-order valence-corrected chi connectivity index (χ4v) is 1.34. The highest BCUT2D eigenvalue weighted by molar-refractivity contribution is 5.78. The molecule has 1 unspecified atom stereocenters. The summed E-state index contributed by atoms with van der Waals surface area (Å²) >= 11 is 0. The molecule has 0 aromatic rings. The highest BCUT2D eigenvalue weighted by Crippen LogP contribution is 2.15. The molecule has 1 rings (SSSR count). The van der Waals surface area contributed by atoms with Crippen LogP contribution in [-0.4, -0.2) is 36.2 Å². The normalized spacial score (nSPS) is 20.0. The van der Waals surface area contributed by atoms with Crippen LogP contribution >= 0.6 is 0 Å². The molecule has 0 aliphatic carbocycles. The highest BCUT2D eigenvalue weighted by atomic mass is 16.3. The van der Waals surface area contributed by atoms with Crippen LogP contribution < -0.4 is 10.6 Å². The van der Waals surface area contributed by atoms with Crippen molar-refractivity contribution in [3.05, 3.63) is 0 Å². The first-order valence-corrected chi connectivity index (χ1v) is 5.11. The Morgan fingerprint density at radius 3 is 2.57 bits per heavy atom. The minimum atomic E-state index is -0.826. The van der Waals surface area contributed by atoms with E-state index in [0.29, 0.717) is 12.5 Å². The molecule has 1 atom stereocenters. The smallest absolute Gasteiger partial charge is 0.223 e. The molecule has 1 aliphatic rings. The van der Waals surface area contributed by atoms with E-state index >= 15 is 0 Å². The van der Waals surface area contributed by atoms with E-state index in [-0.39, 0.29) is 11.8 Å². The number of amides is 1. The lowest BCUT2D eigenvalue weighted by Gasteiger charge is -2.32. The van der Waals surface area contributed by atoms with E-state index in [1.807, 2.05) is 6.92 Å². The summed E-state index contributed by atoms with van der Waals surface area (Å²) in [7, 11) is 0. The quantitative estimate of drug-likeness (QED) is 0.585. The predicted octanol–water partition coefficient (Wildman–Crippen LogP) is -0.271. The van der Waals surface area contributed by atoms with Crippen molar-refractivity contribution in [3.8, 4) is 0 Å². The molecule has 0 spiro atoms. The van der Waals surface area contributed by atoms with E-state index in [1.54, 1.807) is 13.8 Å². The second-order valence-electron chi connectivity index (χ2n) is 4.74. The Bertz CT molecular complexity index is 207. The molecule has 4 nitrogen and oxygen atoms in total. The van der Waals surface area contributed by atoms with Crippen LogP contribution in [0.15, 0.2) is 0 Å². The Labute approximate surface area is 85.1 Å². The second kappa shape index (κ2) is 4.28. The molecule has 14 heavy (non-hydrogen) atoms. The van der Waals surface area contributed by atoms with Crippen LogP contribution in [0.4, 0.5) is 0 Å². The van der Waals surface area contributed by atoms with Crippen LogP contribution in [-0.2, 0) is 4.79 Å². The summed E-state index contributed by atoms with van der Waals surface area (Å²) < 4.78 is 0. The van der Waals surface area contributed by atoms with E-state index < -0.39 is 5.60 Å². The van der Waals surface area contributed by atoms with Crippen molar-refractivity contribution in [2.75, 3.05) is 19.6 Å². The van der Waals surface area contributed by atoms with Crippen molar-refractivity contribution in [1.82, 2.24) is 10.6 Å². The van der Waals surface area contributed by atoms with Crippen molar-refractivity contribution in [2.45, 2.75) is 26.4 Å². The third kappa shape index (κ3) is 3.27. The molecular weight excluding hydrogens is 180 g/mol. The zero-order valence-electron chi connectivity index (χ0n) is 9.13. The maximum Gasteiger partial charge on any atom is 0.223 e. The number of carbonyl (C=O) groups is 1. The minimum absolute atomic E-state index is 0.0404. The SMILES string of the molecule is CC(C(=O)NCC(C)(C)O)C1CNC1. The zero-order chi connectivity index (χ0) is 10.8. The van der Waals surface area contributed by atoms with Gasteiger partial charge in [0, 0.05) is 12.5 Å². The van der Waals surface area contributed by atoms with Gasteiger partial charge in [-0.15, -0.1) is 0 Å². The van der Waals surface area contributed by atoms with Crippen LogP contribution in [0.3, 0.4) is 0 Å². The Morgan fingerprint density at radius 2 is 2.21 bits per heavy atom. The van der Waals surface area contributed by atoms with Crippen LogP contribution in [0.5, 0.6) is 0 Å². The van der Waals surface area contributed by atoms with Gasteiger partial charge >= 0.3 is 0 Å². The number of rotatable bonds is 4. The lowest BCUT2D eigenvalue weighted by molar-refractivity contribution is -0.127. The maximum absolute atomic E-state index is 11.6. The lowest BCUT2D eigenvalue weighted by Crippen LogP contribution is -2.51. The number of hydrogen-bond acceptors (Lipinski definition) is 3. The summed E-state index contributed by atoms with van der Waals surface area (Å²) in [5.74, 6) is 0.536. The first-order chi connectivity index (χ1) is 6.40. The van der Waals surface area contributed by atoms with E-state index in [1.165, 1.54) is 0 Å². The molecule has 0 radical (unpaired) electrons. The van der Waals surface area contributed by atoms with Crippen LogP contribution in [0.1, 0.15) is 20.8 Å². The van der Waals surface area contributed by atoms with Crippen molar-refractivity contribution in [3.63, 3.8) is 0 Å². The molecule has 4 heteroatoms. The monoisotopic (exact) mass is 200 g/mol. The summed E-state index contributed by atoms with van der Waals surface area (Å²) in [4.78, 5) is 11.6. The number of nitrogens with one attached hydrogen (secondary N) is 2. The lowest BCUT2D eigenvalue weighted by atomic mass is 9.88. The van der Waals surface area contributed by atoms with E-state index in [4.69, 9.17) is 0 Å². The predicted molar refractivity (Wildman–Crippen MR) is 54.8 cm³/mol. The fraction of sp³-hybridized carbons (Fsp3) is 0.900. The maximum atomic E-state index is 11.6. The summed E-state index contributed by atoms with van der Waals surface area (Å²) in [5.41, 5.74) is -0.826. The van der Waals surface area contributed by atoms with Crippen molar-refractivity contribution < 1.29 is 9.90 Å². The Morgan fingerprint density at radius 1 is 1.64 bits per heavy atom. The van der Waals surface area contributed by atoms with Crippen molar-refractivity contribution in [1.29, 1.82) is 0 Å². The molecule has 1 amide bonds. The molecule has 1 heterocycles. The molecule has 0 saturated carbocycles. The topological polar surface area (TPSA) is 61.4 Å². The molecule has 1 fully saturated rings. The molecule has 0 aromatic carbocycles. The summed E-state index contributed by atoms with van der Waals surface area (Å²) in [5, 5.41) is 15.3. The molecule has 0 bridgehead atoms. The van der Waals surface area contributed by atoms with Crippen molar-refractivity contribution >= 4 is 5.91 Å². The van der Waals surface area contributed by atoms with E-state index in [9.17, 15) is 9.90 Å². The highest BCUT2D eigenvalue weighted by Gasteiger charge is 2.29. The number of carbonyl (C=O) groups excluding carboxylic acids is 1. The standard InChI is InChI=1S/C10H20N2O2/c1-7(8-4-11-5-8)9(13)12-6-10(2,3)14/h7-8,11,14H,4-6H2,1-3H3,(H,12,13). The first-order valence-electron chi connectivity index (χ1n) is 5.11. The average Bonchev–Trinajstić information content (AvgIpc) is 1.95. The first kappa shape index (κ1) is 11.5. The molecule has 82 valence electrons. The van der Waals surface area contributed by atoms with E-state index in [2.05, 4.69) is 10.6 Å². The van der Waals surface area contributed by atoms with Crippen molar-refractivity contribution in [2.24, 2.45) is 11.8 Å². The third-order valence-electron chi connectivity index (χ3n) is 2.63. The molecule has 0 aromatic heterocycles. The largest absolute Gasteiger partial charge is 0.389 e. The molecule has 1 saturated heterocycles. The van der Waals surface area contributed by atoms with Gasteiger partial charge in [0.25, 0.3) is 0 Å². The van der Waals surface area contributed by atoms with Gasteiger partial charge < -0.3 is 15.7 Å². The molecule has 1 aliphatic heterocycles. The zero-order valence-corrected chi connectivity index (χ0v) is 9.13. The third-order valence-corrected chi connectivity index (χ3v) is 2.63. The Balaban J connectivity index is 2.27. The summed E-state index contributed by atoms with van der Waals surface area (Å²) in [6, 6.07) is 0. The van der Waals surface area contributed by atoms with Gasteiger partial charge in [0.1, 0.15) is 0 Å². The Kier molecular flexibility index (Phi) is 3.50. The van der Waals surface area contributed by atoms with Gasteiger partial charge in [0.15, 0.2) is 0 Å². The van der Waals surface area contributed by atoms with Crippen LogP contribution in [0.25, 0.3) is 0 Å². The van der Waals surface area contributed by atoms with Gasteiger partial charge in [-0.1, -0.05) is 6.92 Å². The number of hydrogen-bond donors (Lipinski definition) is 3. The van der Waals surface area contributed by atoms with Gasteiger partial charge in [-0.05, 0) is 32.9 Å². The van der Waals surface area contributed by atoms with Gasteiger partial charge in [-0.2, -0.15) is 0 Å². The van der Waals surface area contributed by atoms with Gasteiger partial charge in [-0.25, -0.2) is 0 Å². The summed E-state index contributed by atoms with van der Waals surface area (Å²) in [6.45, 7) is 7.47. The summed E-state index contributed by atoms with van der Waals surface area (Å²) in [6.07, 6.45) is 0. The Hall–Kier alpha value is -0.610. The number of aliphatic hydroxyl groups is 1. The fourth-order valence-electron chi connectivity index (χ4n) is 1.34. The van der Waals surface area contributed by atoms with Crippen LogP contribution in [0.2, 0.25) is 0 Å². The van der Waals surface area contributed by atoms with Gasteiger partial charge in [-0.3, -0.25) is 4.79 Å². The minimum Gasteiger partial charge on any atom is -0.389 e. The van der Waals surface area contributed by atoms with Gasteiger partial charge in [0.05, 0.1) is 5.60 Å². The van der Waals surface area contributed by atoms with Gasteiger partial charge in [0.2, 0.25) is 5.91 Å². The van der Waals surface area contributed by atoms with E-state index in [0.717, 1.165) is 13.1 Å². The van der Waals surface area contributed by atoms with Crippen LogP contribution in [0, 0.1) is 11.8 Å². The average molecular weight is 200 g/mol. The molecule has 3 N–H and O–H groups in total. The molecular formula is C10H20N2O2.